The molecular weight excluding hydrogens is 328 g/mol. The van der Waals surface area contributed by atoms with Crippen molar-refractivity contribution < 1.29 is 32.3 Å². The predicted molar refractivity (Wildman–Crippen MR) is 72.3 cm³/mol. The molecule has 128 valence electrons. The SMILES string of the molecule is O=C(Cl)C1CCC(F)(F)CC1.O=C(O)C1CCC(F)(F)CC1. The lowest BCUT2D eigenvalue weighted by Crippen LogP contribution is -2.28. The normalized spacial score (nSPS) is 25.0. The second kappa shape index (κ2) is 7.62. The fourth-order valence-electron chi connectivity index (χ4n) is 2.55. The van der Waals surface area contributed by atoms with Gasteiger partial charge >= 0.3 is 5.97 Å². The number of carbonyl (C=O) groups is 2. The van der Waals surface area contributed by atoms with Crippen molar-refractivity contribution in [3.8, 4) is 0 Å². The number of aliphatic carboxylic acids is 1. The van der Waals surface area contributed by atoms with Crippen molar-refractivity contribution in [2.45, 2.75) is 63.2 Å². The van der Waals surface area contributed by atoms with E-state index in [0.29, 0.717) is 0 Å². The van der Waals surface area contributed by atoms with Gasteiger partial charge in [0.05, 0.1) is 5.92 Å². The van der Waals surface area contributed by atoms with Crippen LogP contribution in [0.2, 0.25) is 0 Å². The van der Waals surface area contributed by atoms with Crippen LogP contribution < -0.4 is 0 Å². The Morgan fingerprint density at radius 1 is 0.818 bits per heavy atom. The van der Waals surface area contributed by atoms with E-state index in [-0.39, 0.29) is 57.3 Å². The van der Waals surface area contributed by atoms with Crippen molar-refractivity contribution in [3.05, 3.63) is 0 Å². The number of carbonyl (C=O) groups excluding carboxylic acids is 1. The van der Waals surface area contributed by atoms with Gasteiger partial charge in [0.1, 0.15) is 0 Å². The minimum atomic E-state index is -2.62. The van der Waals surface area contributed by atoms with Crippen molar-refractivity contribution in [3.63, 3.8) is 0 Å². The van der Waals surface area contributed by atoms with Crippen LogP contribution >= 0.6 is 11.6 Å². The van der Waals surface area contributed by atoms with Crippen LogP contribution in [0, 0.1) is 11.8 Å². The Labute approximate surface area is 131 Å². The van der Waals surface area contributed by atoms with Crippen LogP contribution in [0.1, 0.15) is 51.4 Å². The molecule has 1 N–H and O–H groups in total. The number of hydrogen-bond acceptors (Lipinski definition) is 2. The lowest BCUT2D eigenvalue weighted by molar-refractivity contribution is -0.145. The van der Waals surface area contributed by atoms with Gasteiger partial charge in [-0.1, -0.05) is 0 Å². The molecule has 0 radical (unpaired) electrons. The summed E-state index contributed by atoms with van der Waals surface area (Å²) in [6.07, 6.45) is -0.254. The van der Waals surface area contributed by atoms with Crippen LogP contribution in [0.5, 0.6) is 0 Å². The molecule has 2 rings (SSSR count). The first-order valence-corrected chi connectivity index (χ1v) is 7.58. The zero-order valence-corrected chi connectivity index (χ0v) is 12.7. The summed E-state index contributed by atoms with van der Waals surface area (Å²) in [6.45, 7) is 0. The Hall–Kier alpha value is -0.850. The summed E-state index contributed by atoms with van der Waals surface area (Å²) in [6, 6.07) is 0. The topological polar surface area (TPSA) is 54.4 Å². The standard InChI is InChI=1S/C7H9ClF2O.C7H10F2O2/c8-6(11)5-1-3-7(9,10)4-2-5;8-7(9)3-1-5(2-4-7)6(10)11/h5H,1-4H2;5H,1-4H2,(H,10,11). The van der Waals surface area contributed by atoms with Crippen LogP contribution in [0.3, 0.4) is 0 Å². The van der Waals surface area contributed by atoms with Crippen LogP contribution in [0.25, 0.3) is 0 Å². The highest BCUT2D eigenvalue weighted by atomic mass is 35.5. The van der Waals surface area contributed by atoms with E-state index in [1.54, 1.807) is 0 Å². The van der Waals surface area contributed by atoms with Crippen molar-refractivity contribution in [1.29, 1.82) is 0 Å². The predicted octanol–water partition coefficient (Wildman–Crippen LogP) is 4.47. The Morgan fingerprint density at radius 2 is 1.14 bits per heavy atom. The fourth-order valence-corrected chi connectivity index (χ4v) is 2.77. The van der Waals surface area contributed by atoms with Crippen LogP contribution in [-0.2, 0) is 9.59 Å². The highest BCUT2D eigenvalue weighted by molar-refractivity contribution is 6.63. The molecule has 0 unspecified atom stereocenters. The monoisotopic (exact) mass is 346 g/mol. The molecule has 2 saturated carbocycles. The van der Waals surface area contributed by atoms with E-state index in [4.69, 9.17) is 16.7 Å². The molecular formula is C14H19ClF4O3. The number of alkyl halides is 4. The van der Waals surface area contributed by atoms with Gasteiger partial charge in [-0.25, -0.2) is 17.6 Å². The molecule has 0 spiro atoms. The number of halogens is 5. The lowest BCUT2D eigenvalue weighted by atomic mass is 9.87. The van der Waals surface area contributed by atoms with Gasteiger partial charge in [0, 0.05) is 31.6 Å². The van der Waals surface area contributed by atoms with Gasteiger partial charge in [-0.3, -0.25) is 9.59 Å². The smallest absolute Gasteiger partial charge is 0.306 e. The summed E-state index contributed by atoms with van der Waals surface area (Å²) >= 11 is 5.17. The second-order valence-corrected chi connectivity index (χ2v) is 6.28. The first-order valence-electron chi connectivity index (χ1n) is 7.20. The van der Waals surface area contributed by atoms with Crippen molar-refractivity contribution >= 4 is 22.8 Å². The fraction of sp³-hybridized carbons (Fsp3) is 0.857. The Kier molecular flexibility index (Phi) is 6.65. The van der Waals surface area contributed by atoms with Crippen LogP contribution in [0.15, 0.2) is 0 Å². The summed E-state index contributed by atoms with van der Waals surface area (Å²) in [5.74, 6) is -7.01. The zero-order chi connectivity index (χ0) is 17.0. The Morgan fingerprint density at radius 3 is 1.41 bits per heavy atom. The Bertz CT molecular complexity index is 357. The van der Waals surface area contributed by atoms with Gasteiger partial charge in [0.2, 0.25) is 17.1 Å². The number of carboxylic acids is 1. The van der Waals surface area contributed by atoms with E-state index in [2.05, 4.69) is 0 Å². The van der Waals surface area contributed by atoms with Crippen molar-refractivity contribution in [2.24, 2.45) is 11.8 Å². The molecule has 0 atom stereocenters. The van der Waals surface area contributed by atoms with E-state index < -0.39 is 29.0 Å². The van der Waals surface area contributed by atoms with E-state index >= 15 is 0 Å². The second-order valence-electron chi connectivity index (χ2n) is 5.90. The van der Waals surface area contributed by atoms with Crippen LogP contribution in [-0.4, -0.2) is 28.2 Å². The average Bonchev–Trinajstić information content (AvgIpc) is 2.38. The van der Waals surface area contributed by atoms with E-state index in [1.165, 1.54) is 0 Å². The maximum absolute atomic E-state index is 12.5. The van der Waals surface area contributed by atoms with E-state index in [1.807, 2.05) is 0 Å². The van der Waals surface area contributed by atoms with Crippen molar-refractivity contribution in [1.82, 2.24) is 0 Å². The quantitative estimate of drug-likeness (QED) is 0.592. The van der Waals surface area contributed by atoms with Gasteiger partial charge in [-0.2, -0.15) is 0 Å². The van der Waals surface area contributed by atoms with Crippen LogP contribution in [0.4, 0.5) is 17.6 Å². The molecule has 0 bridgehead atoms. The van der Waals surface area contributed by atoms with Crippen molar-refractivity contribution in [2.75, 3.05) is 0 Å². The maximum atomic E-state index is 12.5. The molecule has 3 nitrogen and oxygen atoms in total. The van der Waals surface area contributed by atoms with E-state index in [0.717, 1.165) is 0 Å². The molecule has 8 heteroatoms. The van der Waals surface area contributed by atoms with E-state index in [9.17, 15) is 27.2 Å². The average molecular weight is 347 g/mol. The molecule has 0 aromatic rings. The van der Waals surface area contributed by atoms with Gasteiger partial charge < -0.3 is 5.11 Å². The van der Waals surface area contributed by atoms with Gasteiger partial charge in [0.25, 0.3) is 0 Å². The van der Waals surface area contributed by atoms with Gasteiger partial charge in [-0.15, -0.1) is 0 Å². The third-order valence-electron chi connectivity index (χ3n) is 4.10. The Balaban J connectivity index is 0.000000220. The molecule has 2 aliphatic carbocycles. The summed E-state index contributed by atoms with van der Waals surface area (Å²) < 4.78 is 49.9. The maximum Gasteiger partial charge on any atom is 0.306 e. The number of hydrogen-bond donors (Lipinski definition) is 1. The minimum Gasteiger partial charge on any atom is -0.481 e. The molecule has 22 heavy (non-hydrogen) atoms. The first kappa shape index (κ1) is 19.2. The molecule has 2 aliphatic rings. The first-order chi connectivity index (χ1) is 10.0. The number of carboxylic acid groups (broad SMARTS) is 1. The summed E-state index contributed by atoms with van der Waals surface area (Å²) in [5.41, 5.74) is 0. The molecule has 0 aliphatic heterocycles. The third kappa shape index (κ3) is 6.50. The molecule has 0 saturated heterocycles. The minimum absolute atomic E-state index is 0.113. The summed E-state index contributed by atoms with van der Waals surface area (Å²) in [5, 5.41) is 7.99. The summed E-state index contributed by atoms with van der Waals surface area (Å²) in [7, 11) is 0. The lowest BCUT2D eigenvalue weighted by Gasteiger charge is -2.25. The number of rotatable bonds is 2. The highest BCUT2D eigenvalue weighted by Crippen LogP contribution is 2.37. The molecule has 0 aromatic heterocycles. The molecule has 0 aromatic carbocycles. The van der Waals surface area contributed by atoms with Gasteiger partial charge in [-0.05, 0) is 37.3 Å². The zero-order valence-electron chi connectivity index (χ0n) is 12.0. The summed E-state index contributed by atoms with van der Waals surface area (Å²) in [4.78, 5) is 20.9. The molecule has 0 heterocycles. The van der Waals surface area contributed by atoms with Gasteiger partial charge in [0.15, 0.2) is 0 Å². The highest BCUT2D eigenvalue weighted by Gasteiger charge is 2.37. The molecule has 0 amide bonds. The molecule has 2 fully saturated rings. The third-order valence-corrected chi connectivity index (χ3v) is 4.41. The largest absolute Gasteiger partial charge is 0.481 e.